The summed E-state index contributed by atoms with van der Waals surface area (Å²) in [6, 6.07) is 0. The molecule has 2 heteroatoms. The maximum Gasteiger partial charge on any atom is 0.303 e. The Labute approximate surface area is 94.1 Å². The number of carboxylic acid groups (broad SMARTS) is 1. The molecule has 0 saturated heterocycles. The van der Waals surface area contributed by atoms with Gasteiger partial charge >= 0.3 is 5.97 Å². The van der Waals surface area contributed by atoms with Gasteiger partial charge in [0.15, 0.2) is 0 Å². The zero-order chi connectivity index (χ0) is 11.5. The Balaban J connectivity index is 2.96. The summed E-state index contributed by atoms with van der Waals surface area (Å²) >= 11 is 0. The van der Waals surface area contributed by atoms with Crippen LogP contribution < -0.4 is 0 Å². The maximum absolute atomic E-state index is 10.2. The van der Waals surface area contributed by atoms with Crippen molar-refractivity contribution < 1.29 is 9.90 Å². The van der Waals surface area contributed by atoms with Crippen LogP contribution >= 0.6 is 0 Å². The van der Waals surface area contributed by atoms with E-state index < -0.39 is 5.97 Å². The minimum atomic E-state index is -0.667. The molecular formula is C13H25O2. The minimum Gasteiger partial charge on any atom is -0.481 e. The fourth-order valence-electron chi connectivity index (χ4n) is 1.65. The average molecular weight is 213 g/mol. The van der Waals surface area contributed by atoms with Crippen molar-refractivity contribution in [3.8, 4) is 0 Å². The second kappa shape index (κ2) is 10.0. The normalized spacial score (nSPS) is 10.9. The van der Waals surface area contributed by atoms with Crippen LogP contribution in [0.4, 0.5) is 0 Å². The van der Waals surface area contributed by atoms with Gasteiger partial charge in [0.05, 0.1) is 0 Å². The molecule has 15 heavy (non-hydrogen) atoms. The van der Waals surface area contributed by atoms with Crippen molar-refractivity contribution in [2.75, 3.05) is 0 Å². The van der Waals surface area contributed by atoms with Gasteiger partial charge in [0.1, 0.15) is 0 Å². The lowest BCUT2D eigenvalue weighted by Gasteiger charge is -2.03. The number of carbonyl (C=O) groups is 1. The Morgan fingerprint density at radius 3 is 2.00 bits per heavy atom. The summed E-state index contributed by atoms with van der Waals surface area (Å²) in [4.78, 5) is 10.2. The van der Waals surface area contributed by atoms with Gasteiger partial charge in [-0.2, -0.15) is 0 Å². The number of hydrogen-bond acceptors (Lipinski definition) is 1. The van der Waals surface area contributed by atoms with Gasteiger partial charge < -0.3 is 5.11 Å². The van der Waals surface area contributed by atoms with E-state index in [1.807, 2.05) is 0 Å². The molecule has 0 aliphatic rings. The molecule has 1 atom stereocenters. The van der Waals surface area contributed by atoms with E-state index in [4.69, 9.17) is 5.11 Å². The molecule has 0 aliphatic heterocycles. The topological polar surface area (TPSA) is 37.3 Å². The highest BCUT2D eigenvalue weighted by molar-refractivity contribution is 5.66. The van der Waals surface area contributed by atoms with Gasteiger partial charge in [0.2, 0.25) is 0 Å². The lowest BCUT2D eigenvalue weighted by atomic mass is 10.0. The van der Waals surface area contributed by atoms with Crippen molar-refractivity contribution >= 4 is 5.97 Å². The zero-order valence-electron chi connectivity index (χ0n) is 10.0. The van der Waals surface area contributed by atoms with Crippen LogP contribution in [0, 0.1) is 12.8 Å². The number of rotatable bonds is 10. The van der Waals surface area contributed by atoms with Gasteiger partial charge in [-0.1, -0.05) is 58.8 Å². The largest absolute Gasteiger partial charge is 0.481 e. The molecule has 89 valence electrons. The predicted octanol–water partition coefficient (Wildman–Crippen LogP) is 4.05. The van der Waals surface area contributed by atoms with Crippen molar-refractivity contribution in [3.05, 3.63) is 6.92 Å². The summed E-state index contributed by atoms with van der Waals surface area (Å²) in [5, 5.41) is 8.43. The lowest BCUT2D eigenvalue weighted by Crippen LogP contribution is -1.93. The van der Waals surface area contributed by atoms with Crippen LogP contribution in [0.15, 0.2) is 0 Å². The number of aliphatic carboxylic acids is 1. The molecule has 0 amide bonds. The molecule has 0 aromatic carbocycles. The quantitative estimate of drug-likeness (QED) is 0.556. The molecule has 1 unspecified atom stereocenters. The molecule has 0 rings (SSSR count). The van der Waals surface area contributed by atoms with Gasteiger partial charge in [-0.15, -0.1) is 0 Å². The van der Waals surface area contributed by atoms with Crippen molar-refractivity contribution in [1.29, 1.82) is 0 Å². The average Bonchev–Trinajstić information content (AvgIpc) is 2.14. The van der Waals surface area contributed by atoms with Crippen LogP contribution in [0.2, 0.25) is 0 Å². The molecule has 0 bridgehead atoms. The first-order valence-electron chi connectivity index (χ1n) is 6.18. The molecule has 0 spiro atoms. The highest BCUT2D eigenvalue weighted by atomic mass is 16.4. The molecule has 1 radical (unpaired) electrons. The summed E-state index contributed by atoms with van der Waals surface area (Å²) in [7, 11) is 0. The Morgan fingerprint density at radius 1 is 1.07 bits per heavy atom. The second-order valence-corrected chi connectivity index (χ2v) is 4.51. The van der Waals surface area contributed by atoms with Gasteiger partial charge in [-0.05, 0) is 12.3 Å². The summed E-state index contributed by atoms with van der Waals surface area (Å²) in [6.07, 6.45) is 9.80. The van der Waals surface area contributed by atoms with Gasteiger partial charge in [-0.3, -0.25) is 4.79 Å². The Bertz CT molecular complexity index is 153. The highest BCUT2D eigenvalue weighted by Gasteiger charge is 1.97. The summed E-state index contributed by atoms with van der Waals surface area (Å²) in [5.41, 5.74) is 0. The molecule has 0 saturated carbocycles. The third-order valence-electron chi connectivity index (χ3n) is 2.59. The van der Waals surface area contributed by atoms with Crippen LogP contribution in [-0.4, -0.2) is 11.1 Å². The molecule has 0 heterocycles. The summed E-state index contributed by atoms with van der Waals surface area (Å²) in [6.45, 7) is 6.12. The van der Waals surface area contributed by atoms with Crippen molar-refractivity contribution in [2.24, 2.45) is 5.92 Å². The van der Waals surface area contributed by atoms with E-state index in [9.17, 15) is 4.79 Å². The van der Waals surface area contributed by atoms with Crippen molar-refractivity contribution in [1.82, 2.24) is 0 Å². The van der Waals surface area contributed by atoms with E-state index >= 15 is 0 Å². The first-order chi connectivity index (χ1) is 7.13. The number of unbranched alkanes of at least 4 members (excludes halogenated alkanes) is 6. The van der Waals surface area contributed by atoms with Crippen LogP contribution in [0.3, 0.4) is 0 Å². The fourth-order valence-corrected chi connectivity index (χ4v) is 1.65. The van der Waals surface area contributed by atoms with E-state index in [0.29, 0.717) is 12.3 Å². The van der Waals surface area contributed by atoms with E-state index in [1.165, 1.54) is 38.5 Å². The third kappa shape index (κ3) is 13.5. The smallest absolute Gasteiger partial charge is 0.303 e. The first-order valence-corrected chi connectivity index (χ1v) is 6.18. The van der Waals surface area contributed by atoms with Crippen LogP contribution in [0.1, 0.15) is 64.7 Å². The molecule has 0 aromatic heterocycles. The van der Waals surface area contributed by atoms with E-state index in [0.717, 1.165) is 12.8 Å². The third-order valence-corrected chi connectivity index (χ3v) is 2.59. The van der Waals surface area contributed by atoms with Gasteiger partial charge in [0, 0.05) is 6.42 Å². The highest BCUT2D eigenvalue weighted by Crippen LogP contribution is 2.12. The predicted molar refractivity (Wildman–Crippen MR) is 63.7 cm³/mol. The van der Waals surface area contributed by atoms with Crippen molar-refractivity contribution in [2.45, 2.75) is 64.7 Å². The van der Waals surface area contributed by atoms with E-state index in [1.54, 1.807) is 0 Å². The molecule has 1 N–H and O–H groups in total. The van der Waals surface area contributed by atoms with E-state index in [2.05, 4.69) is 13.8 Å². The summed E-state index contributed by atoms with van der Waals surface area (Å²) < 4.78 is 0. The van der Waals surface area contributed by atoms with Gasteiger partial charge in [0.25, 0.3) is 0 Å². The zero-order valence-corrected chi connectivity index (χ0v) is 10.0. The van der Waals surface area contributed by atoms with Gasteiger partial charge in [-0.25, -0.2) is 0 Å². The molecule has 0 aliphatic carbocycles. The monoisotopic (exact) mass is 213 g/mol. The maximum atomic E-state index is 10.2. The second-order valence-electron chi connectivity index (χ2n) is 4.51. The SMILES string of the molecule is [CH2]C(C)CCCCCCCCCC(=O)O. The molecule has 0 fully saturated rings. The Morgan fingerprint density at radius 2 is 1.53 bits per heavy atom. The lowest BCUT2D eigenvalue weighted by molar-refractivity contribution is -0.137. The molecular weight excluding hydrogens is 188 g/mol. The molecule has 2 nitrogen and oxygen atoms in total. The summed E-state index contributed by atoms with van der Waals surface area (Å²) in [5.74, 6) is -0.0833. The first kappa shape index (κ1) is 14.5. The standard InChI is InChI=1S/C13H25O2/c1-12(2)10-8-6-4-3-5-7-9-11-13(14)15/h12H,1,3-11H2,2H3,(H,14,15). The van der Waals surface area contributed by atoms with E-state index in [-0.39, 0.29) is 0 Å². The number of hydrogen-bond donors (Lipinski definition) is 1. The Hall–Kier alpha value is -0.530. The van der Waals surface area contributed by atoms with Crippen LogP contribution in [0.25, 0.3) is 0 Å². The fraction of sp³-hybridized carbons (Fsp3) is 0.846. The van der Waals surface area contributed by atoms with Crippen LogP contribution in [-0.2, 0) is 4.79 Å². The Kier molecular flexibility index (Phi) is 9.65. The minimum absolute atomic E-state index is 0.332. The van der Waals surface area contributed by atoms with Crippen LogP contribution in [0.5, 0.6) is 0 Å². The number of carboxylic acids is 1. The van der Waals surface area contributed by atoms with Crippen molar-refractivity contribution in [3.63, 3.8) is 0 Å². The molecule has 0 aromatic rings.